The molecule has 4 nitrogen and oxygen atoms in total. The van der Waals surface area contributed by atoms with Crippen LogP contribution in [0.4, 0.5) is 4.79 Å². The lowest BCUT2D eigenvalue weighted by molar-refractivity contribution is 0.0218. The molecule has 0 saturated carbocycles. The number of carbonyl (C=O) groups excluding carboxylic acids is 1. The fraction of sp³-hybridized carbons (Fsp3) is 0.533. The van der Waals surface area contributed by atoms with Crippen LogP contribution < -0.4 is 5.73 Å². The van der Waals surface area contributed by atoms with E-state index in [0.29, 0.717) is 6.54 Å². The Morgan fingerprint density at radius 3 is 2.65 bits per heavy atom. The molecule has 0 bridgehead atoms. The molecule has 5 heteroatoms. The fourth-order valence-corrected chi connectivity index (χ4v) is 2.97. The van der Waals surface area contributed by atoms with Crippen molar-refractivity contribution in [2.24, 2.45) is 5.73 Å². The van der Waals surface area contributed by atoms with Crippen molar-refractivity contribution >= 4 is 22.0 Å². The predicted molar refractivity (Wildman–Crippen MR) is 82.4 cm³/mol. The molecular formula is C15H21BrN2O2. The Balaban J connectivity index is 2.26. The standard InChI is InChI=1S/C15H21BrN2O2/c1-15(2,3)20-14(19)18-9-8-12(17)13(18)10-6-4-5-7-11(10)16/h4-7,12-13H,8-9,17H2,1-3H3/t12-,13-/m1/s1. The predicted octanol–water partition coefficient (Wildman–Crippen LogP) is 3.46. The summed E-state index contributed by atoms with van der Waals surface area (Å²) in [6, 6.07) is 7.66. The molecule has 0 spiro atoms. The van der Waals surface area contributed by atoms with E-state index in [-0.39, 0.29) is 18.2 Å². The SMILES string of the molecule is CC(C)(C)OC(=O)N1CC[C@@H](N)[C@H]1c1ccccc1Br. The second kappa shape index (κ2) is 5.74. The van der Waals surface area contributed by atoms with Crippen molar-refractivity contribution in [2.45, 2.75) is 44.9 Å². The number of hydrogen-bond acceptors (Lipinski definition) is 3. The number of ether oxygens (including phenoxy) is 1. The Hall–Kier alpha value is -1.07. The number of nitrogens with two attached hydrogens (primary N) is 1. The minimum absolute atomic E-state index is 0.0683. The van der Waals surface area contributed by atoms with E-state index in [0.717, 1.165) is 16.5 Å². The Kier molecular flexibility index (Phi) is 4.39. The van der Waals surface area contributed by atoms with Gasteiger partial charge in [-0.2, -0.15) is 0 Å². The van der Waals surface area contributed by atoms with Gasteiger partial charge in [0.1, 0.15) is 5.60 Å². The van der Waals surface area contributed by atoms with Gasteiger partial charge in [0.25, 0.3) is 0 Å². The van der Waals surface area contributed by atoms with Gasteiger partial charge in [0, 0.05) is 17.1 Å². The Labute approximate surface area is 128 Å². The first kappa shape index (κ1) is 15.3. The molecule has 1 aliphatic rings. The van der Waals surface area contributed by atoms with E-state index in [2.05, 4.69) is 15.9 Å². The smallest absolute Gasteiger partial charge is 0.410 e. The van der Waals surface area contributed by atoms with Crippen molar-refractivity contribution < 1.29 is 9.53 Å². The highest BCUT2D eigenvalue weighted by Crippen LogP contribution is 2.36. The number of halogens is 1. The van der Waals surface area contributed by atoms with Crippen LogP contribution in [0.1, 0.15) is 38.8 Å². The van der Waals surface area contributed by atoms with Gasteiger partial charge >= 0.3 is 6.09 Å². The van der Waals surface area contributed by atoms with Gasteiger partial charge in [-0.15, -0.1) is 0 Å². The van der Waals surface area contributed by atoms with Crippen LogP contribution in [0.5, 0.6) is 0 Å². The lowest BCUT2D eigenvalue weighted by atomic mass is 10.0. The Bertz CT molecular complexity index is 499. The molecule has 0 radical (unpaired) electrons. The number of rotatable bonds is 1. The monoisotopic (exact) mass is 340 g/mol. The summed E-state index contributed by atoms with van der Waals surface area (Å²) in [5.74, 6) is 0. The van der Waals surface area contributed by atoms with Crippen molar-refractivity contribution in [1.29, 1.82) is 0 Å². The van der Waals surface area contributed by atoms with Crippen molar-refractivity contribution in [2.75, 3.05) is 6.54 Å². The van der Waals surface area contributed by atoms with Crippen LogP contribution in [0.25, 0.3) is 0 Å². The highest BCUT2D eigenvalue weighted by molar-refractivity contribution is 9.10. The van der Waals surface area contributed by atoms with E-state index in [1.54, 1.807) is 4.90 Å². The first-order valence-corrected chi connectivity index (χ1v) is 7.58. The normalized spacial score (nSPS) is 22.9. The first-order valence-electron chi connectivity index (χ1n) is 6.79. The van der Waals surface area contributed by atoms with Crippen molar-refractivity contribution in [3.8, 4) is 0 Å². The number of carbonyl (C=O) groups is 1. The molecule has 1 saturated heterocycles. The zero-order chi connectivity index (χ0) is 14.9. The van der Waals surface area contributed by atoms with E-state index in [1.807, 2.05) is 45.0 Å². The highest BCUT2D eigenvalue weighted by atomic mass is 79.9. The summed E-state index contributed by atoms with van der Waals surface area (Å²) in [6.07, 6.45) is 0.483. The fourth-order valence-electron chi connectivity index (χ4n) is 2.46. The lowest BCUT2D eigenvalue weighted by Crippen LogP contribution is -2.39. The lowest BCUT2D eigenvalue weighted by Gasteiger charge is -2.30. The van der Waals surface area contributed by atoms with Gasteiger partial charge in [0.2, 0.25) is 0 Å². The molecular weight excluding hydrogens is 320 g/mol. The van der Waals surface area contributed by atoms with Gasteiger partial charge in [-0.05, 0) is 38.8 Å². The van der Waals surface area contributed by atoms with Gasteiger partial charge in [-0.3, -0.25) is 4.90 Å². The third-order valence-electron chi connectivity index (χ3n) is 3.30. The van der Waals surface area contributed by atoms with Crippen LogP contribution in [0.15, 0.2) is 28.7 Å². The van der Waals surface area contributed by atoms with Crippen molar-refractivity contribution in [1.82, 2.24) is 4.90 Å². The number of benzene rings is 1. The van der Waals surface area contributed by atoms with Crippen molar-refractivity contribution in [3.63, 3.8) is 0 Å². The summed E-state index contributed by atoms with van der Waals surface area (Å²) in [4.78, 5) is 14.1. The average Bonchev–Trinajstić information content (AvgIpc) is 2.70. The summed E-state index contributed by atoms with van der Waals surface area (Å²) in [7, 11) is 0. The second-order valence-corrected chi connectivity index (χ2v) is 6.95. The van der Waals surface area contributed by atoms with Crippen LogP contribution >= 0.6 is 15.9 Å². The van der Waals surface area contributed by atoms with Gasteiger partial charge in [-0.1, -0.05) is 34.1 Å². The summed E-state index contributed by atoms with van der Waals surface area (Å²) in [5.41, 5.74) is 6.73. The van der Waals surface area contributed by atoms with Gasteiger partial charge in [0.15, 0.2) is 0 Å². The van der Waals surface area contributed by atoms with Crippen molar-refractivity contribution in [3.05, 3.63) is 34.3 Å². The number of nitrogens with zero attached hydrogens (tertiary/aromatic N) is 1. The molecule has 1 amide bonds. The molecule has 2 atom stereocenters. The molecule has 1 aliphatic heterocycles. The van der Waals surface area contributed by atoms with Gasteiger partial charge in [-0.25, -0.2) is 4.79 Å². The van der Waals surface area contributed by atoms with Crippen LogP contribution in [-0.2, 0) is 4.74 Å². The summed E-state index contributed by atoms with van der Waals surface area (Å²) >= 11 is 3.54. The third-order valence-corrected chi connectivity index (χ3v) is 4.02. The average molecular weight is 341 g/mol. The maximum Gasteiger partial charge on any atom is 0.410 e. The van der Waals surface area contributed by atoms with E-state index in [1.165, 1.54) is 0 Å². The molecule has 20 heavy (non-hydrogen) atoms. The Morgan fingerprint density at radius 1 is 1.40 bits per heavy atom. The van der Waals surface area contributed by atoms with Gasteiger partial charge in [0.05, 0.1) is 6.04 Å². The number of likely N-dealkylation sites (tertiary alicyclic amines) is 1. The second-order valence-electron chi connectivity index (χ2n) is 6.09. The molecule has 0 aliphatic carbocycles. The van der Waals surface area contributed by atoms with Crippen LogP contribution in [0.3, 0.4) is 0 Å². The molecule has 0 aromatic heterocycles. The van der Waals surface area contributed by atoms with E-state index < -0.39 is 5.60 Å². The molecule has 2 N–H and O–H groups in total. The number of hydrogen-bond donors (Lipinski definition) is 1. The third kappa shape index (κ3) is 3.33. The quantitative estimate of drug-likeness (QED) is 0.851. The molecule has 1 aromatic rings. The molecule has 1 aromatic carbocycles. The largest absolute Gasteiger partial charge is 0.444 e. The van der Waals surface area contributed by atoms with E-state index in [9.17, 15) is 4.79 Å². The minimum atomic E-state index is -0.498. The zero-order valence-electron chi connectivity index (χ0n) is 12.1. The maximum absolute atomic E-state index is 12.3. The van der Waals surface area contributed by atoms with Crippen LogP contribution in [0.2, 0.25) is 0 Å². The summed E-state index contributed by atoms with van der Waals surface area (Å²) in [5, 5.41) is 0. The maximum atomic E-state index is 12.3. The molecule has 110 valence electrons. The topological polar surface area (TPSA) is 55.6 Å². The summed E-state index contributed by atoms with van der Waals surface area (Å²) in [6.45, 7) is 6.24. The Morgan fingerprint density at radius 2 is 2.05 bits per heavy atom. The zero-order valence-corrected chi connectivity index (χ0v) is 13.7. The van der Waals surface area contributed by atoms with Crippen LogP contribution in [0, 0.1) is 0 Å². The molecule has 1 heterocycles. The molecule has 1 fully saturated rings. The summed E-state index contributed by atoms with van der Waals surface area (Å²) < 4.78 is 6.45. The van der Waals surface area contributed by atoms with E-state index in [4.69, 9.17) is 10.5 Å². The first-order chi connectivity index (χ1) is 9.29. The minimum Gasteiger partial charge on any atom is -0.444 e. The molecule has 2 rings (SSSR count). The number of amides is 1. The van der Waals surface area contributed by atoms with E-state index >= 15 is 0 Å². The molecule has 0 unspecified atom stereocenters. The highest BCUT2D eigenvalue weighted by Gasteiger charge is 2.38. The van der Waals surface area contributed by atoms with Gasteiger partial charge < -0.3 is 10.5 Å². The van der Waals surface area contributed by atoms with Crippen LogP contribution in [-0.4, -0.2) is 29.2 Å².